The number of hydrogen-bond donors (Lipinski definition) is 2. The summed E-state index contributed by atoms with van der Waals surface area (Å²) in [5.41, 5.74) is 4.75. The topological polar surface area (TPSA) is 46.2 Å². The van der Waals surface area contributed by atoms with Gasteiger partial charge in [0.1, 0.15) is 5.82 Å². The number of nitrogens with two attached hydrogens (primary N) is 1. The van der Waals surface area contributed by atoms with Gasteiger partial charge < -0.3 is 10.8 Å². The monoisotopic (exact) mass is 265 g/mol. The smallest absolute Gasteiger partial charge is 0.129 e. The Kier molecular flexibility index (Phi) is 4.26. The second kappa shape index (κ2) is 5.59. The molecule has 0 saturated heterocycles. The van der Waals surface area contributed by atoms with Crippen LogP contribution in [0.15, 0.2) is 24.3 Å². The fourth-order valence-corrected chi connectivity index (χ4v) is 3.44. The maximum absolute atomic E-state index is 14.0. The predicted octanol–water partition coefficient (Wildman–Crippen LogP) is 3.33. The van der Waals surface area contributed by atoms with Crippen LogP contribution in [0.5, 0.6) is 0 Å². The highest BCUT2D eigenvalue weighted by molar-refractivity contribution is 5.27. The van der Waals surface area contributed by atoms with Gasteiger partial charge in [0.05, 0.1) is 5.60 Å². The zero-order valence-corrected chi connectivity index (χ0v) is 11.7. The van der Waals surface area contributed by atoms with Crippen molar-refractivity contribution in [1.82, 2.24) is 0 Å². The van der Waals surface area contributed by atoms with E-state index in [9.17, 15) is 9.50 Å². The molecule has 1 saturated carbocycles. The summed E-state index contributed by atoms with van der Waals surface area (Å²) in [6.45, 7) is 2.12. The Labute approximate surface area is 114 Å². The Bertz CT molecular complexity index is 423. The van der Waals surface area contributed by atoms with Crippen molar-refractivity contribution >= 4 is 0 Å². The predicted molar refractivity (Wildman–Crippen MR) is 75.2 cm³/mol. The van der Waals surface area contributed by atoms with E-state index >= 15 is 0 Å². The molecule has 2 rings (SSSR count). The van der Waals surface area contributed by atoms with E-state index in [4.69, 9.17) is 5.73 Å². The Morgan fingerprint density at radius 2 is 1.79 bits per heavy atom. The number of benzene rings is 1. The first-order valence-electron chi connectivity index (χ1n) is 7.21. The van der Waals surface area contributed by atoms with E-state index in [0.717, 1.165) is 25.7 Å². The lowest BCUT2D eigenvalue weighted by Gasteiger charge is -2.45. The third-order valence-corrected chi connectivity index (χ3v) is 4.88. The van der Waals surface area contributed by atoms with Gasteiger partial charge in [-0.05, 0) is 25.8 Å². The maximum Gasteiger partial charge on any atom is 0.129 e. The molecule has 1 aliphatic carbocycles. The SMILES string of the molecule is CC(O)(c1ccccc1F)C1(CN)CCCCCC1. The minimum Gasteiger partial charge on any atom is -0.385 e. The second-order valence-corrected chi connectivity index (χ2v) is 5.95. The molecule has 0 radical (unpaired) electrons. The normalized spacial score (nSPS) is 22.5. The fraction of sp³-hybridized carbons (Fsp3) is 0.625. The van der Waals surface area contributed by atoms with Crippen molar-refractivity contribution in [2.45, 2.75) is 51.0 Å². The summed E-state index contributed by atoms with van der Waals surface area (Å²) in [4.78, 5) is 0. The summed E-state index contributed by atoms with van der Waals surface area (Å²) in [6, 6.07) is 6.51. The van der Waals surface area contributed by atoms with Crippen LogP contribution in [0, 0.1) is 11.2 Å². The van der Waals surface area contributed by atoms with E-state index in [1.54, 1.807) is 25.1 Å². The number of hydrogen-bond acceptors (Lipinski definition) is 2. The number of halogens is 1. The van der Waals surface area contributed by atoms with Crippen LogP contribution in [0.25, 0.3) is 0 Å². The van der Waals surface area contributed by atoms with Crippen LogP contribution in [0.3, 0.4) is 0 Å². The van der Waals surface area contributed by atoms with Gasteiger partial charge in [-0.15, -0.1) is 0 Å². The summed E-state index contributed by atoms with van der Waals surface area (Å²) in [6.07, 6.45) is 6.20. The van der Waals surface area contributed by atoms with E-state index < -0.39 is 11.0 Å². The zero-order valence-electron chi connectivity index (χ0n) is 11.7. The van der Waals surface area contributed by atoms with Gasteiger partial charge in [0.2, 0.25) is 0 Å². The molecular formula is C16H24FNO. The lowest BCUT2D eigenvalue weighted by molar-refractivity contribution is -0.0836. The van der Waals surface area contributed by atoms with Gasteiger partial charge >= 0.3 is 0 Å². The van der Waals surface area contributed by atoms with E-state index in [-0.39, 0.29) is 5.82 Å². The lowest BCUT2D eigenvalue weighted by atomic mass is 9.65. The molecule has 1 aromatic rings. The second-order valence-electron chi connectivity index (χ2n) is 5.95. The molecular weight excluding hydrogens is 241 g/mol. The third kappa shape index (κ3) is 2.54. The minimum absolute atomic E-state index is 0.343. The first-order chi connectivity index (χ1) is 9.03. The van der Waals surface area contributed by atoms with Crippen molar-refractivity contribution in [2.24, 2.45) is 11.1 Å². The number of rotatable bonds is 3. The van der Waals surface area contributed by atoms with Gasteiger partial charge in [-0.25, -0.2) is 4.39 Å². The van der Waals surface area contributed by atoms with Gasteiger partial charge in [0.15, 0.2) is 0 Å². The molecule has 0 aromatic heterocycles. The molecule has 0 aliphatic heterocycles. The fourth-order valence-electron chi connectivity index (χ4n) is 3.44. The van der Waals surface area contributed by atoms with Crippen LogP contribution in [-0.2, 0) is 5.60 Å². The first kappa shape index (κ1) is 14.5. The molecule has 0 heterocycles. The molecule has 106 valence electrons. The summed E-state index contributed by atoms with van der Waals surface area (Å²) >= 11 is 0. The largest absolute Gasteiger partial charge is 0.385 e. The first-order valence-corrected chi connectivity index (χ1v) is 7.21. The molecule has 3 heteroatoms. The third-order valence-electron chi connectivity index (χ3n) is 4.88. The summed E-state index contributed by atoms with van der Waals surface area (Å²) in [5.74, 6) is -0.343. The average Bonchev–Trinajstić information content (AvgIpc) is 2.65. The highest BCUT2D eigenvalue weighted by Crippen LogP contribution is 2.48. The van der Waals surface area contributed by atoms with Crippen molar-refractivity contribution in [1.29, 1.82) is 0 Å². The quantitative estimate of drug-likeness (QED) is 0.823. The molecule has 2 nitrogen and oxygen atoms in total. The average molecular weight is 265 g/mol. The molecule has 1 unspecified atom stereocenters. The maximum atomic E-state index is 14.0. The molecule has 1 aliphatic rings. The molecule has 1 aromatic carbocycles. The van der Waals surface area contributed by atoms with Crippen LogP contribution < -0.4 is 5.73 Å². The Hall–Kier alpha value is -0.930. The van der Waals surface area contributed by atoms with Gasteiger partial charge in [-0.1, -0.05) is 43.9 Å². The van der Waals surface area contributed by atoms with Gasteiger partial charge in [0.25, 0.3) is 0 Å². The van der Waals surface area contributed by atoms with Crippen molar-refractivity contribution in [3.05, 3.63) is 35.6 Å². The van der Waals surface area contributed by atoms with Gasteiger partial charge in [0, 0.05) is 17.5 Å². The van der Waals surface area contributed by atoms with Crippen molar-refractivity contribution in [2.75, 3.05) is 6.54 Å². The van der Waals surface area contributed by atoms with Crippen molar-refractivity contribution in [3.8, 4) is 0 Å². The van der Waals surface area contributed by atoms with E-state index in [2.05, 4.69) is 0 Å². The van der Waals surface area contributed by atoms with Crippen LogP contribution in [0.1, 0.15) is 51.0 Å². The Balaban J connectivity index is 2.42. The van der Waals surface area contributed by atoms with Crippen LogP contribution in [0.4, 0.5) is 4.39 Å². The van der Waals surface area contributed by atoms with Crippen LogP contribution in [0.2, 0.25) is 0 Å². The van der Waals surface area contributed by atoms with E-state index in [1.807, 2.05) is 0 Å². The molecule has 19 heavy (non-hydrogen) atoms. The van der Waals surface area contributed by atoms with Crippen LogP contribution >= 0.6 is 0 Å². The van der Waals surface area contributed by atoms with Crippen LogP contribution in [-0.4, -0.2) is 11.7 Å². The highest BCUT2D eigenvalue weighted by Gasteiger charge is 2.47. The van der Waals surface area contributed by atoms with Crippen molar-refractivity contribution in [3.63, 3.8) is 0 Å². The van der Waals surface area contributed by atoms with Gasteiger partial charge in [-0.2, -0.15) is 0 Å². The zero-order chi connectivity index (χ0) is 13.9. The van der Waals surface area contributed by atoms with E-state index in [0.29, 0.717) is 12.1 Å². The highest BCUT2D eigenvalue weighted by atomic mass is 19.1. The molecule has 1 fully saturated rings. The summed E-state index contributed by atoms with van der Waals surface area (Å²) in [7, 11) is 0. The summed E-state index contributed by atoms with van der Waals surface area (Å²) in [5, 5.41) is 11.0. The van der Waals surface area contributed by atoms with E-state index in [1.165, 1.54) is 18.9 Å². The van der Waals surface area contributed by atoms with Crippen molar-refractivity contribution < 1.29 is 9.50 Å². The Morgan fingerprint density at radius 1 is 1.21 bits per heavy atom. The molecule has 0 bridgehead atoms. The standard InChI is InChI=1S/C16H24FNO/c1-15(19,13-8-4-5-9-14(13)17)16(12-18)10-6-2-3-7-11-16/h4-5,8-9,19H,2-3,6-7,10-12,18H2,1H3. The summed E-state index contributed by atoms with van der Waals surface area (Å²) < 4.78 is 14.0. The molecule has 1 atom stereocenters. The number of aliphatic hydroxyl groups is 1. The van der Waals surface area contributed by atoms with Gasteiger partial charge in [-0.3, -0.25) is 0 Å². The Morgan fingerprint density at radius 3 is 2.32 bits per heavy atom. The molecule has 0 spiro atoms. The molecule has 3 N–H and O–H groups in total. The molecule has 0 amide bonds. The minimum atomic E-state index is -1.21. The lowest BCUT2D eigenvalue weighted by Crippen LogP contribution is -2.48.